The summed E-state index contributed by atoms with van der Waals surface area (Å²) in [4.78, 5) is 22.6. The first-order valence-electron chi connectivity index (χ1n) is 7.77. The molecule has 1 rings (SSSR count). The maximum Gasteiger partial charge on any atom is 0.303 e. The largest absolute Gasteiger partial charge is 0.481 e. The Kier molecular flexibility index (Phi) is 8.82. The molecule has 0 saturated heterocycles. The van der Waals surface area contributed by atoms with Crippen molar-refractivity contribution >= 4 is 27.8 Å². The minimum absolute atomic E-state index is 0.0201. The summed E-state index contributed by atoms with van der Waals surface area (Å²) in [6.45, 7) is 2.64. The molecule has 22 heavy (non-hydrogen) atoms. The predicted molar refractivity (Wildman–Crippen MR) is 90.7 cm³/mol. The average molecular weight is 370 g/mol. The Labute approximate surface area is 140 Å². The van der Waals surface area contributed by atoms with Gasteiger partial charge in [0, 0.05) is 23.4 Å². The summed E-state index contributed by atoms with van der Waals surface area (Å²) in [6.07, 6.45) is 4.06. The second kappa shape index (κ2) is 10.4. The smallest absolute Gasteiger partial charge is 0.303 e. The van der Waals surface area contributed by atoms with Gasteiger partial charge < -0.3 is 10.4 Å². The van der Waals surface area contributed by atoms with E-state index < -0.39 is 5.97 Å². The zero-order chi connectivity index (χ0) is 16.4. The Hall–Kier alpha value is -1.36. The molecule has 0 saturated carbocycles. The highest BCUT2D eigenvalue weighted by Gasteiger charge is 2.16. The van der Waals surface area contributed by atoms with Crippen LogP contribution in [0.4, 0.5) is 0 Å². The normalized spacial score (nSPS) is 11.9. The first-order valence-corrected chi connectivity index (χ1v) is 8.56. The van der Waals surface area contributed by atoms with E-state index in [-0.39, 0.29) is 18.2 Å². The van der Waals surface area contributed by atoms with Gasteiger partial charge in [0.05, 0.1) is 0 Å². The van der Waals surface area contributed by atoms with Crippen LogP contribution < -0.4 is 5.32 Å². The number of benzene rings is 1. The molecule has 2 N–H and O–H groups in total. The lowest BCUT2D eigenvalue weighted by atomic mass is 9.96. The summed E-state index contributed by atoms with van der Waals surface area (Å²) >= 11 is 3.44. The molecule has 5 heteroatoms. The third kappa shape index (κ3) is 7.59. The van der Waals surface area contributed by atoms with Crippen molar-refractivity contribution in [1.29, 1.82) is 0 Å². The fraction of sp³-hybridized carbons (Fsp3) is 0.529. The van der Waals surface area contributed by atoms with Crippen LogP contribution in [-0.2, 0) is 16.0 Å². The van der Waals surface area contributed by atoms with Gasteiger partial charge in [-0.25, -0.2) is 0 Å². The minimum Gasteiger partial charge on any atom is -0.481 e. The van der Waals surface area contributed by atoms with Crippen LogP contribution in [-0.4, -0.2) is 23.5 Å². The van der Waals surface area contributed by atoms with Crippen molar-refractivity contribution < 1.29 is 14.7 Å². The minimum atomic E-state index is -0.760. The van der Waals surface area contributed by atoms with Crippen molar-refractivity contribution in [3.8, 4) is 0 Å². The Morgan fingerprint density at radius 2 is 2.05 bits per heavy atom. The number of amides is 1. The summed E-state index contributed by atoms with van der Waals surface area (Å²) in [6, 6.07) is 8.03. The Morgan fingerprint density at radius 1 is 1.27 bits per heavy atom. The SMILES string of the molecule is CCC(Cc1cccc(Br)c1)C(=O)NCCCCCC(=O)O. The van der Waals surface area contributed by atoms with Crippen LogP contribution in [0.5, 0.6) is 0 Å². The van der Waals surface area contributed by atoms with Crippen LogP contribution in [0, 0.1) is 5.92 Å². The molecule has 4 nitrogen and oxygen atoms in total. The van der Waals surface area contributed by atoms with Gasteiger partial charge in [-0.1, -0.05) is 41.4 Å². The van der Waals surface area contributed by atoms with Crippen LogP contribution in [0.1, 0.15) is 44.6 Å². The van der Waals surface area contributed by atoms with Crippen LogP contribution in [0.3, 0.4) is 0 Å². The molecule has 1 amide bonds. The molecular formula is C17H24BrNO3. The molecule has 0 bridgehead atoms. The fourth-order valence-corrected chi connectivity index (χ4v) is 2.75. The number of halogens is 1. The van der Waals surface area contributed by atoms with Gasteiger partial charge in [0.2, 0.25) is 5.91 Å². The number of carboxylic acids is 1. The number of carboxylic acid groups (broad SMARTS) is 1. The number of carbonyl (C=O) groups excluding carboxylic acids is 1. The number of carbonyl (C=O) groups is 2. The Bertz CT molecular complexity index is 491. The number of aliphatic carboxylic acids is 1. The molecule has 0 heterocycles. The van der Waals surface area contributed by atoms with E-state index in [1.54, 1.807) is 0 Å². The molecule has 0 aliphatic heterocycles. The number of unbranched alkanes of at least 4 members (excludes halogenated alkanes) is 2. The standard InChI is InChI=1S/C17H24BrNO3/c1-2-14(11-13-7-6-8-15(18)12-13)17(22)19-10-5-3-4-9-16(20)21/h6-8,12,14H,2-5,9-11H2,1H3,(H,19,22)(H,20,21). The maximum atomic E-state index is 12.2. The van der Waals surface area contributed by atoms with Crippen molar-refractivity contribution in [3.05, 3.63) is 34.3 Å². The lowest BCUT2D eigenvalue weighted by Crippen LogP contribution is -2.32. The molecule has 1 unspecified atom stereocenters. The maximum absolute atomic E-state index is 12.2. The van der Waals surface area contributed by atoms with Gasteiger partial charge in [0.15, 0.2) is 0 Å². The van der Waals surface area contributed by atoms with Crippen molar-refractivity contribution in [3.63, 3.8) is 0 Å². The third-order valence-corrected chi connectivity index (χ3v) is 4.09. The van der Waals surface area contributed by atoms with Crippen LogP contribution >= 0.6 is 15.9 Å². The average Bonchev–Trinajstić information content (AvgIpc) is 2.47. The van der Waals surface area contributed by atoms with Crippen molar-refractivity contribution in [2.24, 2.45) is 5.92 Å². The first-order chi connectivity index (χ1) is 10.5. The van der Waals surface area contributed by atoms with Crippen LogP contribution in [0.2, 0.25) is 0 Å². The zero-order valence-electron chi connectivity index (χ0n) is 13.0. The predicted octanol–water partition coefficient (Wildman–Crippen LogP) is 3.78. The lowest BCUT2D eigenvalue weighted by molar-refractivity contribution is -0.137. The van der Waals surface area contributed by atoms with Gasteiger partial charge in [0.1, 0.15) is 0 Å². The second-order valence-electron chi connectivity index (χ2n) is 5.43. The quantitative estimate of drug-likeness (QED) is 0.616. The topological polar surface area (TPSA) is 66.4 Å². The second-order valence-corrected chi connectivity index (χ2v) is 6.35. The molecule has 0 fully saturated rings. The van der Waals surface area contributed by atoms with E-state index in [2.05, 4.69) is 21.2 Å². The van der Waals surface area contributed by atoms with Gasteiger partial charge in [-0.15, -0.1) is 0 Å². The third-order valence-electron chi connectivity index (χ3n) is 3.60. The van der Waals surface area contributed by atoms with Crippen LogP contribution in [0.15, 0.2) is 28.7 Å². The molecule has 1 aromatic rings. The number of hydrogen-bond donors (Lipinski definition) is 2. The highest BCUT2D eigenvalue weighted by molar-refractivity contribution is 9.10. The van der Waals surface area contributed by atoms with Gasteiger partial charge >= 0.3 is 5.97 Å². The van der Waals surface area contributed by atoms with Gasteiger partial charge in [0.25, 0.3) is 0 Å². The van der Waals surface area contributed by atoms with E-state index in [9.17, 15) is 9.59 Å². The number of rotatable bonds is 10. The van der Waals surface area contributed by atoms with E-state index in [1.165, 1.54) is 0 Å². The molecule has 122 valence electrons. The Balaban J connectivity index is 2.30. The number of hydrogen-bond acceptors (Lipinski definition) is 2. The summed E-state index contributed by atoms with van der Waals surface area (Å²) < 4.78 is 1.03. The van der Waals surface area contributed by atoms with Gasteiger partial charge in [-0.3, -0.25) is 9.59 Å². The van der Waals surface area contributed by atoms with Crippen molar-refractivity contribution in [2.45, 2.75) is 45.4 Å². The molecule has 0 spiro atoms. The summed E-state index contributed by atoms with van der Waals surface area (Å²) in [5.41, 5.74) is 1.15. The monoisotopic (exact) mass is 369 g/mol. The van der Waals surface area contributed by atoms with E-state index in [4.69, 9.17) is 5.11 Å². The van der Waals surface area contributed by atoms with Crippen LogP contribution in [0.25, 0.3) is 0 Å². The zero-order valence-corrected chi connectivity index (χ0v) is 14.6. The van der Waals surface area contributed by atoms with E-state index >= 15 is 0 Å². The molecule has 1 atom stereocenters. The summed E-state index contributed by atoms with van der Waals surface area (Å²) in [5.74, 6) is -0.696. The highest BCUT2D eigenvalue weighted by atomic mass is 79.9. The lowest BCUT2D eigenvalue weighted by Gasteiger charge is -2.15. The molecular weight excluding hydrogens is 346 g/mol. The molecule has 0 radical (unpaired) electrons. The fourth-order valence-electron chi connectivity index (χ4n) is 2.30. The molecule has 0 aliphatic rings. The van der Waals surface area contributed by atoms with E-state index in [1.807, 2.05) is 31.2 Å². The van der Waals surface area contributed by atoms with E-state index in [0.29, 0.717) is 13.0 Å². The summed E-state index contributed by atoms with van der Waals surface area (Å²) in [5, 5.41) is 11.5. The van der Waals surface area contributed by atoms with Crippen molar-refractivity contribution in [2.75, 3.05) is 6.54 Å². The van der Waals surface area contributed by atoms with Crippen molar-refractivity contribution in [1.82, 2.24) is 5.32 Å². The van der Waals surface area contributed by atoms with Gasteiger partial charge in [-0.2, -0.15) is 0 Å². The Morgan fingerprint density at radius 3 is 2.68 bits per heavy atom. The highest BCUT2D eigenvalue weighted by Crippen LogP contribution is 2.17. The first kappa shape index (κ1) is 18.7. The van der Waals surface area contributed by atoms with Gasteiger partial charge in [-0.05, 0) is 43.4 Å². The summed E-state index contributed by atoms with van der Waals surface area (Å²) in [7, 11) is 0. The molecule has 1 aromatic carbocycles. The molecule has 0 aromatic heterocycles. The van der Waals surface area contributed by atoms with E-state index in [0.717, 1.165) is 35.7 Å². The molecule has 0 aliphatic carbocycles. The number of nitrogens with one attached hydrogen (secondary N) is 1.